The molecular formula is C9H8N4O. The number of benzene rings is 1. The molecule has 0 saturated heterocycles. The first-order valence-electron chi connectivity index (χ1n) is 4.15. The zero-order valence-corrected chi connectivity index (χ0v) is 7.37. The number of carbonyl (C=O) groups is 1. The lowest BCUT2D eigenvalue weighted by molar-refractivity contribution is 0.111. The minimum absolute atomic E-state index is 0.112. The average molecular weight is 188 g/mol. The number of aldehydes is 1. The Morgan fingerprint density at radius 2 is 2.07 bits per heavy atom. The molecule has 5 heteroatoms. The lowest BCUT2D eigenvalue weighted by Gasteiger charge is -1.97. The third kappa shape index (κ3) is 1.82. The monoisotopic (exact) mass is 188 g/mol. The van der Waals surface area contributed by atoms with Crippen molar-refractivity contribution in [1.29, 1.82) is 0 Å². The number of carbonyl (C=O) groups excluding carboxylic acids is 1. The minimum atomic E-state index is 0.112. The summed E-state index contributed by atoms with van der Waals surface area (Å²) in [7, 11) is 0. The van der Waals surface area contributed by atoms with Gasteiger partial charge in [0.15, 0.2) is 6.29 Å². The topological polar surface area (TPSA) is 60.7 Å². The Kier molecular flexibility index (Phi) is 2.31. The largest absolute Gasteiger partial charge is 0.294 e. The fourth-order valence-electron chi connectivity index (χ4n) is 1.12. The Hall–Kier alpha value is -2.04. The standard InChI is InChI=1S/C9H8N4O/c14-7-9-10-12-13(11-9)6-8-4-2-1-3-5-8/h1-5,7H,6H2. The van der Waals surface area contributed by atoms with Gasteiger partial charge >= 0.3 is 0 Å². The van der Waals surface area contributed by atoms with Gasteiger partial charge in [0.1, 0.15) is 0 Å². The van der Waals surface area contributed by atoms with Crippen LogP contribution in [0.2, 0.25) is 0 Å². The van der Waals surface area contributed by atoms with Gasteiger partial charge in [0, 0.05) is 0 Å². The number of hydrogen-bond acceptors (Lipinski definition) is 4. The molecule has 0 aliphatic rings. The van der Waals surface area contributed by atoms with Crippen LogP contribution in [0, 0.1) is 0 Å². The van der Waals surface area contributed by atoms with E-state index in [1.807, 2.05) is 30.3 Å². The van der Waals surface area contributed by atoms with Crippen LogP contribution in [0.15, 0.2) is 30.3 Å². The van der Waals surface area contributed by atoms with E-state index in [0.717, 1.165) is 5.56 Å². The third-order valence-electron chi connectivity index (χ3n) is 1.74. The molecule has 0 spiro atoms. The van der Waals surface area contributed by atoms with Crippen LogP contribution in [-0.2, 0) is 6.54 Å². The molecule has 0 bridgehead atoms. The van der Waals surface area contributed by atoms with E-state index in [9.17, 15) is 4.79 Å². The predicted molar refractivity (Wildman–Crippen MR) is 48.7 cm³/mol. The molecule has 0 aliphatic carbocycles. The fourth-order valence-corrected chi connectivity index (χ4v) is 1.12. The lowest BCUT2D eigenvalue weighted by Crippen LogP contribution is -2.03. The van der Waals surface area contributed by atoms with Crippen molar-refractivity contribution < 1.29 is 4.79 Å². The quantitative estimate of drug-likeness (QED) is 0.659. The molecule has 0 radical (unpaired) electrons. The summed E-state index contributed by atoms with van der Waals surface area (Å²) >= 11 is 0. The summed E-state index contributed by atoms with van der Waals surface area (Å²) in [6, 6.07) is 9.74. The molecule has 0 saturated carbocycles. The van der Waals surface area contributed by atoms with Crippen molar-refractivity contribution in [2.24, 2.45) is 0 Å². The lowest BCUT2D eigenvalue weighted by atomic mass is 10.2. The second-order valence-corrected chi connectivity index (χ2v) is 2.78. The first kappa shape index (κ1) is 8.55. The molecule has 2 rings (SSSR count). The van der Waals surface area contributed by atoms with Gasteiger partial charge in [-0.15, -0.1) is 10.2 Å². The summed E-state index contributed by atoms with van der Waals surface area (Å²) < 4.78 is 0. The molecule has 0 fully saturated rings. The van der Waals surface area contributed by atoms with Crippen LogP contribution in [0.4, 0.5) is 0 Å². The zero-order valence-electron chi connectivity index (χ0n) is 7.37. The summed E-state index contributed by atoms with van der Waals surface area (Å²) in [6.45, 7) is 0.529. The van der Waals surface area contributed by atoms with Gasteiger partial charge in [0.05, 0.1) is 6.54 Å². The van der Waals surface area contributed by atoms with Crippen LogP contribution in [0.25, 0.3) is 0 Å². The van der Waals surface area contributed by atoms with Gasteiger partial charge in [-0.05, 0) is 10.8 Å². The molecular weight excluding hydrogens is 180 g/mol. The van der Waals surface area contributed by atoms with Gasteiger partial charge < -0.3 is 0 Å². The van der Waals surface area contributed by atoms with E-state index in [0.29, 0.717) is 12.8 Å². The van der Waals surface area contributed by atoms with E-state index < -0.39 is 0 Å². The molecule has 70 valence electrons. The van der Waals surface area contributed by atoms with Crippen LogP contribution in [-0.4, -0.2) is 26.5 Å². The molecule has 1 heterocycles. The van der Waals surface area contributed by atoms with Crippen molar-refractivity contribution >= 4 is 6.29 Å². The van der Waals surface area contributed by atoms with Gasteiger partial charge in [0.25, 0.3) is 0 Å². The molecule has 5 nitrogen and oxygen atoms in total. The summed E-state index contributed by atoms with van der Waals surface area (Å²) in [5.74, 6) is 0.112. The smallest absolute Gasteiger partial charge is 0.237 e. The number of hydrogen-bond donors (Lipinski definition) is 0. The minimum Gasteiger partial charge on any atom is -0.294 e. The Labute approximate surface area is 80.4 Å². The highest BCUT2D eigenvalue weighted by molar-refractivity contribution is 5.67. The Morgan fingerprint density at radius 1 is 1.29 bits per heavy atom. The second-order valence-electron chi connectivity index (χ2n) is 2.78. The molecule has 0 aliphatic heterocycles. The third-order valence-corrected chi connectivity index (χ3v) is 1.74. The van der Waals surface area contributed by atoms with Crippen molar-refractivity contribution in [3.8, 4) is 0 Å². The molecule has 1 aromatic heterocycles. The van der Waals surface area contributed by atoms with E-state index in [2.05, 4.69) is 15.4 Å². The van der Waals surface area contributed by atoms with Crippen molar-refractivity contribution in [3.05, 3.63) is 41.7 Å². The number of nitrogens with zero attached hydrogens (tertiary/aromatic N) is 4. The van der Waals surface area contributed by atoms with Gasteiger partial charge in [-0.3, -0.25) is 4.79 Å². The van der Waals surface area contributed by atoms with E-state index in [1.165, 1.54) is 4.80 Å². The summed E-state index contributed by atoms with van der Waals surface area (Å²) in [5, 5.41) is 11.1. The maximum absolute atomic E-state index is 10.3. The molecule has 0 unspecified atom stereocenters. The Bertz CT molecular complexity index is 423. The Morgan fingerprint density at radius 3 is 2.71 bits per heavy atom. The molecule has 0 N–H and O–H groups in total. The summed E-state index contributed by atoms with van der Waals surface area (Å²) in [6.07, 6.45) is 0.578. The zero-order chi connectivity index (χ0) is 9.80. The van der Waals surface area contributed by atoms with Crippen molar-refractivity contribution in [2.45, 2.75) is 6.54 Å². The number of tetrazole rings is 1. The highest BCUT2D eigenvalue weighted by Gasteiger charge is 2.00. The normalized spacial score (nSPS) is 10.0. The van der Waals surface area contributed by atoms with Gasteiger partial charge in [0.2, 0.25) is 5.82 Å². The molecule has 0 atom stereocenters. The molecule has 14 heavy (non-hydrogen) atoms. The second kappa shape index (κ2) is 3.78. The number of rotatable bonds is 3. The highest BCUT2D eigenvalue weighted by atomic mass is 16.1. The van der Waals surface area contributed by atoms with E-state index in [1.54, 1.807) is 0 Å². The number of aromatic nitrogens is 4. The predicted octanol–water partition coefficient (Wildman–Crippen LogP) is 0.534. The fraction of sp³-hybridized carbons (Fsp3) is 0.111. The highest BCUT2D eigenvalue weighted by Crippen LogP contribution is 1.99. The van der Waals surface area contributed by atoms with Crippen molar-refractivity contribution in [3.63, 3.8) is 0 Å². The van der Waals surface area contributed by atoms with Crippen LogP contribution in [0.5, 0.6) is 0 Å². The molecule has 1 aromatic carbocycles. The summed E-state index contributed by atoms with van der Waals surface area (Å²) in [4.78, 5) is 11.7. The summed E-state index contributed by atoms with van der Waals surface area (Å²) in [5.41, 5.74) is 1.07. The maximum Gasteiger partial charge on any atom is 0.237 e. The van der Waals surface area contributed by atoms with Gasteiger partial charge in [-0.2, -0.15) is 4.80 Å². The first-order valence-corrected chi connectivity index (χ1v) is 4.15. The average Bonchev–Trinajstić information content (AvgIpc) is 2.67. The first-order chi connectivity index (χ1) is 6.88. The Balaban J connectivity index is 2.15. The van der Waals surface area contributed by atoms with Gasteiger partial charge in [-0.1, -0.05) is 30.3 Å². The van der Waals surface area contributed by atoms with Crippen molar-refractivity contribution in [2.75, 3.05) is 0 Å². The van der Waals surface area contributed by atoms with E-state index in [-0.39, 0.29) is 5.82 Å². The van der Waals surface area contributed by atoms with Crippen LogP contribution in [0.3, 0.4) is 0 Å². The van der Waals surface area contributed by atoms with Crippen LogP contribution < -0.4 is 0 Å². The van der Waals surface area contributed by atoms with Gasteiger partial charge in [-0.25, -0.2) is 0 Å². The molecule has 2 aromatic rings. The van der Waals surface area contributed by atoms with Crippen molar-refractivity contribution in [1.82, 2.24) is 20.2 Å². The van der Waals surface area contributed by atoms with E-state index in [4.69, 9.17) is 0 Å². The SMILES string of the molecule is O=Cc1nnn(Cc2ccccc2)n1. The molecule has 0 amide bonds. The van der Waals surface area contributed by atoms with E-state index >= 15 is 0 Å². The van der Waals surface area contributed by atoms with Crippen LogP contribution in [0.1, 0.15) is 16.2 Å². The maximum atomic E-state index is 10.3. The van der Waals surface area contributed by atoms with Crippen LogP contribution >= 0.6 is 0 Å².